The summed E-state index contributed by atoms with van der Waals surface area (Å²) in [5, 5.41) is 13.0. The van der Waals surface area contributed by atoms with E-state index in [2.05, 4.69) is 17.2 Å². The monoisotopic (exact) mass is 316 g/mol. The molecule has 1 aliphatic rings. The Kier molecular flexibility index (Phi) is 4.89. The Morgan fingerprint density at radius 1 is 1.40 bits per heavy atom. The molecule has 110 valence electrons. The van der Waals surface area contributed by atoms with E-state index >= 15 is 0 Å². The predicted molar refractivity (Wildman–Crippen MR) is 79.2 cm³/mol. The standard InChI is InChI=1S/C14H18Cl2N2O2/c1-9-2-4-14(8-19,5-3-9)18-13(20)10-6-11(15)17-12(16)7-10/h6-7,9,19H,2-5,8H2,1H3,(H,18,20). The SMILES string of the molecule is CC1CCC(CO)(NC(=O)c2cc(Cl)nc(Cl)c2)CC1. The van der Waals surface area contributed by atoms with Gasteiger partial charge in [-0.05, 0) is 43.7 Å². The molecule has 6 heteroatoms. The number of aliphatic hydroxyl groups excluding tert-OH is 1. The number of aromatic nitrogens is 1. The van der Waals surface area contributed by atoms with Crippen LogP contribution in [0.5, 0.6) is 0 Å². The fourth-order valence-electron chi connectivity index (χ4n) is 2.55. The number of hydrogen-bond donors (Lipinski definition) is 2. The molecule has 2 rings (SSSR count). The maximum absolute atomic E-state index is 12.3. The number of hydrogen-bond acceptors (Lipinski definition) is 3. The highest BCUT2D eigenvalue weighted by molar-refractivity contribution is 6.33. The number of aliphatic hydroxyl groups is 1. The van der Waals surface area contributed by atoms with Crippen LogP contribution in [-0.2, 0) is 0 Å². The lowest BCUT2D eigenvalue weighted by Gasteiger charge is -2.38. The molecule has 0 aliphatic heterocycles. The summed E-state index contributed by atoms with van der Waals surface area (Å²) in [7, 11) is 0. The van der Waals surface area contributed by atoms with Gasteiger partial charge in [-0.25, -0.2) is 4.98 Å². The van der Waals surface area contributed by atoms with Gasteiger partial charge in [-0.2, -0.15) is 0 Å². The van der Waals surface area contributed by atoms with Gasteiger partial charge in [0.2, 0.25) is 0 Å². The number of nitrogens with one attached hydrogen (secondary N) is 1. The summed E-state index contributed by atoms with van der Waals surface area (Å²) in [6, 6.07) is 2.94. The summed E-state index contributed by atoms with van der Waals surface area (Å²) in [5.41, 5.74) is -0.173. The van der Waals surface area contributed by atoms with Crippen LogP contribution in [-0.4, -0.2) is 28.1 Å². The van der Waals surface area contributed by atoms with Crippen LogP contribution in [0.4, 0.5) is 0 Å². The highest BCUT2D eigenvalue weighted by atomic mass is 35.5. The zero-order valence-electron chi connectivity index (χ0n) is 11.3. The van der Waals surface area contributed by atoms with Crippen molar-refractivity contribution in [1.82, 2.24) is 10.3 Å². The average Bonchev–Trinajstić information content (AvgIpc) is 2.40. The van der Waals surface area contributed by atoms with Crippen LogP contribution in [0.3, 0.4) is 0 Å². The molecule has 0 saturated heterocycles. The van der Waals surface area contributed by atoms with Crippen LogP contribution in [0.25, 0.3) is 0 Å². The van der Waals surface area contributed by atoms with E-state index in [1.807, 2.05) is 0 Å². The lowest BCUT2D eigenvalue weighted by Crippen LogP contribution is -2.53. The second-order valence-corrected chi connectivity index (χ2v) is 6.35. The quantitative estimate of drug-likeness (QED) is 0.842. The van der Waals surface area contributed by atoms with Crippen LogP contribution in [0, 0.1) is 5.92 Å². The summed E-state index contributed by atoms with van der Waals surface area (Å²) in [4.78, 5) is 16.1. The lowest BCUT2D eigenvalue weighted by molar-refractivity contribution is 0.0717. The molecule has 1 saturated carbocycles. The zero-order chi connectivity index (χ0) is 14.8. The Bertz CT molecular complexity index is 480. The minimum atomic E-state index is -0.536. The largest absolute Gasteiger partial charge is 0.394 e. The van der Waals surface area contributed by atoms with Crippen molar-refractivity contribution in [3.05, 3.63) is 28.0 Å². The molecule has 1 amide bonds. The summed E-state index contributed by atoms with van der Waals surface area (Å²) >= 11 is 11.6. The molecular weight excluding hydrogens is 299 g/mol. The molecule has 0 aromatic carbocycles. The molecule has 1 aliphatic carbocycles. The molecular formula is C14H18Cl2N2O2. The summed E-state index contributed by atoms with van der Waals surface area (Å²) < 4.78 is 0. The maximum Gasteiger partial charge on any atom is 0.252 e. The molecule has 4 nitrogen and oxygen atoms in total. The van der Waals surface area contributed by atoms with Crippen molar-refractivity contribution in [3.63, 3.8) is 0 Å². The van der Waals surface area contributed by atoms with E-state index in [1.54, 1.807) is 0 Å². The number of halogens is 2. The third-order valence-electron chi connectivity index (χ3n) is 3.94. The second-order valence-electron chi connectivity index (χ2n) is 5.58. The van der Waals surface area contributed by atoms with Gasteiger partial charge in [0, 0.05) is 5.56 Å². The number of amides is 1. The van der Waals surface area contributed by atoms with E-state index < -0.39 is 5.54 Å². The van der Waals surface area contributed by atoms with Crippen LogP contribution >= 0.6 is 23.2 Å². The zero-order valence-corrected chi connectivity index (χ0v) is 12.8. The Hall–Kier alpha value is -0.840. The maximum atomic E-state index is 12.3. The molecule has 2 N–H and O–H groups in total. The highest BCUT2D eigenvalue weighted by Gasteiger charge is 2.35. The summed E-state index contributed by atoms with van der Waals surface area (Å²) in [6.45, 7) is 2.13. The van der Waals surface area contributed by atoms with Crippen molar-refractivity contribution in [1.29, 1.82) is 0 Å². The molecule has 0 unspecified atom stereocenters. The fraction of sp³-hybridized carbons (Fsp3) is 0.571. The molecule has 0 radical (unpaired) electrons. The van der Waals surface area contributed by atoms with Crippen molar-refractivity contribution in [2.24, 2.45) is 5.92 Å². The third kappa shape index (κ3) is 3.62. The van der Waals surface area contributed by atoms with Crippen LogP contribution in [0.2, 0.25) is 10.3 Å². The Labute approximate surface area is 128 Å². The Morgan fingerprint density at radius 2 is 1.95 bits per heavy atom. The van der Waals surface area contributed by atoms with Gasteiger partial charge in [0.25, 0.3) is 5.91 Å². The van der Waals surface area contributed by atoms with E-state index in [4.69, 9.17) is 23.2 Å². The number of nitrogens with zero attached hydrogens (tertiary/aromatic N) is 1. The minimum absolute atomic E-state index is 0.0575. The molecule has 1 aromatic rings. The average molecular weight is 317 g/mol. The highest BCUT2D eigenvalue weighted by Crippen LogP contribution is 2.32. The fourth-order valence-corrected chi connectivity index (χ4v) is 3.01. The lowest BCUT2D eigenvalue weighted by atomic mass is 9.77. The van der Waals surface area contributed by atoms with E-state index in [0.717, 1.165) is 25.7 Å². The van der Waals surface area contributed by atoms with Crippen LogP contribution in [0.15, 0.2) is 12.1 Å². The van der Waals surface area contributed by atoms with Gasteiger partial charge in [-0.3, -0.25) is 4.79 Å². The van der Waals surface area contributed by atoms with Gasteiger partial charge >= 0.3 is 0 Å². The van der Waals surface area contributed by atoms with Gasteiger partial charge in [-0.15, -0.1) is 0 Å². The molecule has 1 fully saturated rings. The van der Waals surface area contributed by atoms with E-state index in [1.165, 1.54) is 12.1 Å². The first kappa shape index (κ1) is 15.5. The number of carbonyl (C=O) groups is 1. The molecule has 0 bridgehead atoms. The summed E-state index contributed by atoms with van der Waals surface area (Å²) in [6.07, 6.45) is 3.56. The summed E-state index contributed by atoms with van der Waals surface area (Å²) in [5.74, 6) is 0.358. The van der Waals surface area contributed by atoms with Gasteiger partial charge in [-0.1, -0.05) is 30.1 Å². The molecule has 1 heterocycles. The van der Waals surface area contributed by atoms with E-state index in [9.17, 15) is 9.90 Å². The smallest absolute Gasteiger partial charge is 0.252 e. The van der Waals surface area contributed by atoms with Gasteiger partial charge < -0.3 is 10.4 Å². The molecule has 20 heavy (non-hydrogen) atoms. The van der Waals surface area contributed by atoms with Gasteiger partial charge in [0.05, 0.1) is 12.1 Å². The molecule has 0 spiro atoms. The molecule has 1 aromatic heterocycles. The van der Waals surface area contributed by atoms with Crippen molar-refractivity contribution >= 4 is 29.1 Å². The first-order valence-corrected chi connectivity index (χ1v) is 7.46. The molecule has 0 atom stereocenters. The number of rotatable bonds is 3. The normalized spacial score (nSPS) is 26.3. The van der Waals surface area contributed by atoms with E-state index in [-0.39, 0.29) is 22.8 Å². The third-order valence-corrected chi connectivity index (χ3v) is 4.33. The first-order chi connectivity index (χ1) is 9.44. The minimum Gasteiger partial charge on any atom is -0.394 e. The topological polar surface area (TPSA) is 62.2 Å². The number of pyridine rings is 1. The van der Waals surface area contributed by atoms with Crippen LogP contribution in [0.1, 0.15) is 43.0 Å². The Balaban J connectivity index is 2.13. The van der Waals surface area contributed by atoms with Crippen LogP contribution < -0.4 is 5.32 Å². The predicted octanol–water partition coefficient (Wildman–Crippen LogP) is 3.06. The number of carbonyl (C=O) groups excluding carboxylic acids is 1. The van der Waals surface area contributed by atoms with Crippen molar-refractivity contribution in [2.75, 3.05) is 6.61 Å². The Morgan fingerprint density at radius 3 is 2.45 bits per heavy atom. The van der Waals surface area contributed by atoms with Crippen molar-refractivity contribution in [2.45, 2.75) is 38.1 Å². The van der Waals surface area contributed by atoms with Crippen molar-refractivity contribution < 1.29 is 9.90 Å². The van der Waals surface area contributed by atoms with Crippen molar-refractivity contribution in [3.8, 4) is 0 Å². The van der Waals surface area contributed by atoms with Gasteiger partial charge in [0.15, 0.2) is 0 Å². The van der Waals surface area contributed by atoms with Gasteiger partial charge in [0.1, 0.15) is 10.3 Å². The second kappa shape index (κ2) is 6.29. The first-order valence-electron chi connectivity index (χ1n) is 6.70. The van der Waals surface area contributed by atoms with E-state index in [0.29, 0.717) is 11.5 Å².